The van der Waals surface area contributed by atoms with Crippen molar-refractivity contribution in [3.05, 3.63) is 71.8 Å². The summed E-state index contributed by atoms with van der Waals surface area (Å²) in [4.78, 5) is 23.1. The molecule has 1 atom stereocenters. The van der Waals surface area contributed by atoms with Gasteiger partial charge in [-0.15, -0.1) is 5.10 Å². The van der Waals surface area contributed by atoms with E-state index in [1.807, 2.05) is 42.6 Å². The first kappa shape index (κ1) is 18.7. The summed E-state index contributed by atoms with van der Waals surface area (Å²) in [6.45, 7) is 2.93. The number of nitrogens with one attached hydrogen (secondary N) is 1. The van der Waals surface area contributed by atoms with Crippen molar-refractivity contribution in [2.75, 3.05) is 12.4 Å². The third-order valence-electron chi connectivity index (χ3n) is 4.43. The lowest BCUT2D eigenvalue weighted by atomic mass is 10.1. The molecule has 0 aliphatic rings. The SMILES string of the molecule is C[C@H](Cc1ccccn1)N(C)Cc1cccc(C(=O)Nc2ncn(C)n2)c1. The Bertz CT molecular complexity index is 892. The quantitative estimate of drug-likeness (QED) is 0.697. The number of carbonyl (C=O) groups excluding carboxylic acids is 1. The van der Waals surface area contributed by atoms with Crippen LogP contribution in [0, 0.1) is 0 Å². The molecule has 0 unspecified atom stereocenters. The number of rotatable bonds is 7. The Morgan fingerprint density at radius 1 is 1.22 bits per heavy atom. The minimum Gasteiger partial charge on any atom is -0.299 e. The van der Waals surface area contributed by atoms with Crippen LogP contribution in [-0.4, -0.2) is 43.6 Å². The zero-order chi connectivity index (χ0) is 19.2. The van der Waals surface area contributed by atoms with E-state index in [2.05, 4.69) is 39.3 Å². The van der Waals surface area contributed by atoms with Gasteiger partial charge in [-0.25, -0.2) is 4.98 Å². The highest BCUT2D eigenvalue weighted by molar-refractivity contribution is 6.03. The summed E-state index contributed by atoms with van der Waals surface area (Å²) in [6.07, 6.45) is 4.24. The van der Waals surface area contributed by atoms with E-state index < -0.39 is 0 Å². The highest BCUT2D eigenvalue weighted by Gasteiger charge is 2.13. The molecule has 27 heavy (non-hydrogen) atoms. The summed E-state index contributed by atoms with van der Waals surface area (Å²) in [7, 11) is 3.84. The van der Waals surface area contributed by atoms with E-state index in [4.69, 9.17) is 0 Å². The monoisotopic (exact) mass is 364 g/mol. The molecule has 0 spiro atoms. The summed E-state index contributed by atoms with van der Waals surface area (Å²) in [5.74, 6) is 0.0845. The van der Waals surface area contributed by atoms with Crippen LogP contribution < -0.4 is 5.32 Å². The second-order valence-corrected chi connectivity index (χ2v) is 6.69. The molecule has 1 N–H and O–H groups in total. The fraction of sp³-hybridized carbons (Fsp3) is 0.300. The molecule has 3 aromatic rings. The molecule has 0 bridgehead atoms. The zero-order valence-corrected chi connectivity index (χ0v) is 15.8. The van der Waals surface area contributed by atoms with Crippen LogP contribution in [-0.2, 0) is 20.0 Å². The van der Waals surface area contributed by atoms with Crippen molar-refractivity contribution in [3.63, 3.8) is 0 Å². The molecule has 0 saturated carbocycles. The van der Waals surface area contributed by atoms with E-state index >= 15 is 0 Å². The molecule has 3 rings (SSSR count). The number of nitrogens with zero attached hydrogens (tertiary/aromatic N) is 5. The van der Waals surface area contributed by atoms with E-state index in [1.165, 1.54) is 0 Å². The van der Waals surface area contributed by atoms with Gasteiger partial charge < -0.3 is 0 Å². The maximum absolute atomic E-state index is 12.4. The number of benzene rings is 1. The summed E-state index contributed by atoms with van der Waals surface area (Å²) in [6, 6.07) is 13.9. The van der Waals surface area contributed by atoms with E-state index in [0.717, 1.165) is 24.2 Å². The fourth-order valence-electron chi connectivity index (χ4n) is 2.80. The van der Waals surface area contributed by atoms with Gasteiger partial charge in [-0.1, -0.05) is 18.2 Å². The van der Waals surface area contributed by atoms with Crippen molar-refractivity contribution in [2.24, 2.45) is 7.05 Å². The summed E-state index contributed by atoms with van der Waals surface area (Å²) in [5, 5.41) is 6.78. The van der Waals surface area contributed by atoms with Crippen LogP contribution in [0.25, 0.3) is 0 Å². The smallest absolute Gasteiger partial charge is 0.258 e. The van der Waals surface area contributed by atoms with Gasteiger partial charge >= 0.3 is 0 Å². The van der Waals surface area contributed by atoms with Gasteiger partial charge in [0.05, 0.1) is 0 Å². The molecule has 0 aliphatic heterocycles. The summed E-state index contributed by atoms with van der Waals surface area (Å²) < 4.78 is 1.55. The number of amides is 1. The number of hydrogen-bond donors (Lipinski definition) is 1. The molecule has 140 valence electrons. The molecule has 0 fully saturated rings. The molecule has 0 aliphatic carbocycles. The van der Waals surface area contributed by atoms with E-state index in [-0.39, 0.29) is 5.91 Å². The van der Waals surface area contributed by atoms with Crippen LogP contribution in [0.2, 0.25) is 0 Å². The minimum atomic E-state index is -0.216. The van der Waals surface area contributed by atoms with Crippen LogP contribution in [0.4, 0.5) is 5.95 Å². The molecule has 2 aromatic heterocycles. The number of anilines is 1. The second kappa shape index (κ2) is 8.55. The molecule has 0 radical (unpaired) electrons. The molecular formula is C20H24N6O. The standard InChI is InChI=1S/C20H24N6O/c1-15(11-18-9-4-5-10-21-18)25(2)13-16-7-6-8-17(12-16)19(27)23-20-22-14-26(3)24-20/h4-10,12,14-15H,11,13H2,1-3H3,(H,23,24,27)/t15-/m1/s1. The van der Waals surface area contributed by atoms with Crippen LogP contribution in [0.1, 0.15) is 28.5 Å². The molecule has 0 saturated heterocycles. The Hall–Kier alpha value is -3.06. The van der Waals surface area contributed by atoms with Gasteiger partial charge in [0.2, 0.25) is 5.95 Å². The van der Waals surface area contributed by atoms with Crippen molar-refractivity contribution >= 4 is 11.9 Å². The van der Waals surface area contributed by atoms with Crippen molar-refractivity contribution in [3.8, 4) is 0 Å². The van der Waals surface area contributed by atoms with Crippen molar-refractivity contribution in [1.29, 1.82) is 0 Å². The highest BCUT2D eigenvalue weighted by Crippen LogP contribution is 2.13. The lowest BCUT2D eigenvalue weighted by Gasteiger charge is -2.24. The van der Waals surface area contributed by atoms with Gasteiger partial charge in [0.15, 0.2) is 0 Å². The molecular weight excluding hydrogens is 340 g/mol. The predicted molar refractivity (Wildman–Crippen MR) is 104 cm³/mol. The minimum absolute atomic E-state index is 0.216. The number of carbonyl (C=O) groups is 1. The average molecular weight is 364 g/mol. The Morgan fingerprint density at radius 2 is 2.07 bits per heavy atom. The Morgan fingerprint density at radius 3 is 2.78 bits per heavy atom. The van der Waals surface area contributed by atoms with Gasteiger partial charge in [0.25, 0.3) is 5.91 Å². The summed E-state index contributed by atoms with van der Waals surface area (Å²) >= 11 is 0. The van der Waals surface area contributed by atoms with Gasteiger partial charge in [-0.05, 0) is 43.8 Å². The Kier molecular flexibility index (Phi) is 5.93. The average Bonchev–Trinajstić information content (AvgIpc) is 3.07. The normalized spacial score (nSPS) is 12.1. The number of aromatic nitrogens is 4. The van der Waals surface area contributed by atoms with Gasteiger partial charge in [0, 0.05) is 43.5 Å². The van der Waals surface area contributed by atoms with Crippen molar-refractivity contribution < 1.29 is 4.79 Å². The Labute approximate surface area is 159 Å². The third kappa shape index (κ3) is 5.21. The Balaban J connectivity index is 1.61. The molecule has 7 nitrogen and oxygen atoms in total. The first-order valence-electron chi connectivity index (χ1n) is 8.87. The third-order valence-corrected chi connectivity index (χ3v) is 4.43. The number of hydrogen-bond acceptors (Lipinski definition) is 5. The second-order valence-electron chi connectivity index (χ2n) is 6.69. The lowest BCUT2D eigenvalue weighted by molar-refractivity contribution is 0.102. The first-order valence-corrected chi connectivity index (χ1v) is 8.87. The van der Waals surface area contributed by atoms with Gasteiger partial charge in [-0.3, -0.25) is 24.7 Å². The fourth-order valence-corrected chi connectivity index (χ4v) is 2.80. The van der Waals surface area contributed by atoms with Crippen LogP contribution in [0.5, 0.6) is 0 Å². The van der Waals surface area contributed by atoms with Gasteiger partial charge in [0.1, 0.15) is 6.33 Å². The van der Waals surface area contributed by atoms with Gasteiger partial charge in [-0.2, -0.15) is 0 Å². The van der Waals surface area contributed by atoms with E-state index in [9.17, 15) is 4.79 Å². The summed E-state index contributed by atoms with van der Waals surface area (Å²) in [5.41, 5.74) is 2.74. The number of aryl methyl sites for hydroxylation is 1. The predicted octanol–water partition coefficient (Wildman–Crippen LogP) is 2.53. The molecule has 1 amide bonds. The maximum atomic E-state index is 12.4. The molecule has 7 heteroatoms. The van der Waals surface area contributed by atoms with Crippen LogP contribution >= 0.6 is 0 Å². The number of pyridine rings is 1. The number of likely N-dealkylation sites (N-methyl/N-ethyl adjacent to an activating group) is 1. The van der Waals surface area contributed by atoms with Crippen molar-refractivity contribution in [1.82, 2.24) is 24.6 Å². The van der Waals surface area contributed by atoms with Crippen molar-refractivity contribution in [2.45, 2.75) is 25.9 Å². The lowest BCUT2D eigenvalue weighted by Crippen LogP contribution is -2.30. The van der Waals surface area contributed by atoms with E-state index in [0.29, 0.717) is 17.6 Å². The first-order chi connectivity index (χ1) is 13.0. The zero-order valence-electron chi connectivity index (χ0n) is 15.8. The largest absolute Gasteiger partial charge is 0.299 e. The van der Waals surface area contributed by atoms with E-state index in [1.54, 1.807) is 24.1 Å². The highest BCUT2D eigenvalue weighted by atomic mass is 16.1. The maximum Gasteiger partial charge on any atom is 0.258 e. The molecule has 2 heterocycles. The topological polar surface area (TPSA) is 75.9 Å². The molecule has 1 aromatic carbocycles. The van der Waals surface area contributed by atoms with Crippen LogP contribution in [0.15, 0.2) is 55.0 Å². The van der Waals surface area contributed by atoms with Crippen LogP contribution in [0.3, 0.4) is 0 Å².